The molecule has 6 atom stereocenters. The number of aliphatic hydroxyl groups excluding tert-OH is 1. The number of carbonyl (C=O) groups excluding carboxylic acids is 3. The Hall–Kier alpha value is -2.19. The summed E-state index contributed by atoms with van der Waals surface area (Å²) < 4.78 is 6.80. The van der Waals surface area contributed by atoms with Gasteiger partial charge in [0.25, 0.3) is 0 Å². The molecule has 3 amide bonds. The highest BCUT2D eigenvalue weighted by molar-refractivity contribution is 6.00. The normalized spacial score (nSPS) is 35.2. The zero-order valence-corrected chi connectivity index (χ0v) is 21.6. The summed E-state index contributed by atoms with van der Waals surface area (Å²) in [4.78, 5) is 47.3. The number of unbranched alkanes of at least 4 members (excludes halogenated alkanes) is 2. The van der Waals surface area contributed by atoms with E-state index in [4.69, 9.17) is 4.74 Å². The molecule has 0 aromatic carbocycles. The molecular formula is C27H41N3O5. The van der Waals surface area contributed by atoms with Crippen LogP contribution in [0.25, 0.3) is 0 Å². The number of rotatable bonds is 9. The van der Waals surface area contributed by atoms with Crippen molar-refractivity contribution in [2.45, 2.75) is 83.1 Å². The Morgan fingerprint density at radius 1 is 0.943 bits per heavy atom. The Bertz CT molecular complexity index is 899. The molecule has 0 bridgehead atoms. The molecule has 4 aliphatic heterocycles. The summed E-state index contributed by atoms with van der Waals surface area (Å²) in [6.45, 7) is 9.82. The summed E-state index contributed by atoms with van der Waals surface area (Å²) in [5, 5.41) is 10.2. The number of hydrogen-bond acceptors (Lipinski definition) is 5. The van der Waals surface area contributed by atoms with Crippen LogP contribution in [0.2, 0.25) is 0 Å². The van der Waals surface area contributed by atoms with E-state index in [9.17, 15) is 19.5 Å². The molecule has 0 aliphatic carbocycles. The number of fused-ring (bicyclic) bond motifs is 2. The summed E-state index contributed by atoms with van der Waals surface area (Å²) in [6.07, 6.45) is 12.0. The molecule has 35 heavy (non-hydrogen) atoms. The van der Waals surface area contributed by atoms with Crippen LogP contribution in [-0.4, -0.2) is 93.6 Å². The van der Waals surface area contributed by atoms with Gasteiger partial charge in [0.1, 0.15) is 11.6 Å². The third-order valence-electron chi connectivity index (χ3n) is 8.26. The minimum atomic E-state index is -1.25. The van der Waals surface area contributed by atoms with E-state index < -0.39 is 35.1 Å². The molecule has 194 valence electrons. The van der Waals surface area contributed by atoms with E-state index in [0.717, 1.165) is 25.7 Å². The Morgan fingerprint density at radius 2 is 1.63 bits per heavy atom. The zero-order valence-electron chi connectivity index (χ0n) is 21.6. The molecule has 8 heteroatoms. The highest BCUT2D eigenvalue weighted by Crippen LogP contribution is 2.57. The quantitative estimate of drug-likeness (QED) is 0.398. The summed E-state index contributed by atoms with van der Waals surface area (Å²) in [6, 6.07) is -1.41. The third-order valence-corrected chi connectivity index (χ3v) is 8.26. The van der Waals surface area contributed by atoms with Crippen LogP contribution >= 0.6 is 0 Å². The molecule has 1 spiro atoms. The van der Waals surface area contributed by atoms with E-state index in [0.29, 0.717) is 32.6 Å². The van der Waals surface area contributed by atoms with Gasteiger partial charge >= 0.3 is 0 Å². The standard InChI is InChI=1S/C27H41N3O5/c1-5-8-9-15-29-17-11-13-27-21(24(33)30(19(7-3)18-31)22(27)25(29)34)20-23(32)28(14-6-2)16-10-12-26(20,4)35-27/h10-13,19-22,31H,5-9,14-18H2,1-4H3/t19-,20-,21-,22?,26+,27-/m0/s1. The van der Waals surface area contributed by atoms with Gasteiger partial charge in [0, 0.05) is 26.2 Å². The van der Waals surface area contributed by atoms with Gasteiger partial charge in [-0.05, 0) is 26.2 Å². The van der Waals surface area contributed by atoms with Crippen LogP contribution in [0, 0.1) is 11.8 Å². The first-order valence-electron chi connectivity index (χ1n) is 13.4. The van der Waals surface area contributed by atoms with E-state index in [1.165, 1.54) is 0 Å². The molecule has 2 fully saturated rings. The van der Waals surface area contributed by atoms with Crippen LogP contribution < -0.4 is 0 Å². The number of aliphatic hydroxyl groups is 1. The largest absolute Gasteiger partial charge is 0.394 e. The van der Waals surface area contributed by atoms with Crippen LogP contribution in [0.3, 0.4) is 0 Å². The maximum absolute atomic E-state index is 14.2. The predicted octanol–water partition coefficient (Wildman–Crippen LogP) is 2.13. The lowest BCUT2D eigenvalue weighted by atomic mass is 9.74. The fourth-order valence-corrected chi connectivity index (χ4v) is 6.59. The average Bonchev–Trinajstić information content (AvgIpc) is 3.11. The summed E-state index contributed by atoms with van der Waals surface area (Å²) in [5.41, 5.74) is -2.24. The van der Waals surface area contributed by atoms with Gasteiger partial charge in [-0.25, -0.2) is 0 Å². The van der Waals surface area contributed by atoms with E-state index in [1.54, 1.807) is 14.7 Å². The number of nitrogens with zero attached hydrogens (tertiary/aromatic N) is 3. The van der Waals surface area contributed by atoms with Gasteiger partial charge in [0.2, 0.25) is 17.7 Å². The first-order valence-corrected chi connectivity index (χ1v) is 13.4. The summed E-state index contributed by atoms with van der Waals surface area (Å²) in [7, 11) is 0. The van der Waals surface area contributed by atoms with Crippen molar-refractivity contribution in [1.29, 1.82) is 0 Å². The SMILES string of the molecule is CCCCCN1CC=C[C@]23O[C@]4(C)C=CCN(CCC)C(=O)[C@@H]4[C@H]2C(=O)N([C@@H](CC)CO)C3C1=O. The molecule has 4 heterocycles. The Morgan fingerprint density at radius 3 is 2.26 bits per heavy atom. The van der Waals surface area contributed by atoms with E-state index >= 15 is 0 Å². The molecule has 0 radical (unpaired) electrons. The van der Waals surface area contributed by atoms with Gasteiger partial charge in [-0.3, -0.25) is 14.4 Å². The average molecular weight is 488 g/mol. The lowest BCUT2D eigenvalue weighted by Crippen LogP contribution is -2.58. The van der Waals surface area contributed by atoms with E-state index in [1.807, 2.05) is 45.1 Å². The second-order valence-electron chi connectivity index (χ2n) is 10.6. The van der Waals surface area contributed by atoms with Crippen molar-refractivity contribution < 1.29 is 24.2 Å². The lowest BCUT2D eigenvalue weighted by Gasteiger charge is -2.40. The molecule has 4 aliphatic rings. The van der Waals surface area contributed by atoms with Gasteiger partial charge < -0.3 is 24.5 Å². The molecule has 1 unspecified atom stereocenters. The van der Waals surface area contributed by atoms with Crippen LogP contribution in [-0.2, 0) is 19.1 Å². The topological polar surface area (TPSA) is 90.4 Å². The fourth-order valence-electron chi connectivity index (χ4n) is 6.59. The molecule has 0 aromatic rings. The first kappa shape index (κ1) is 25.9. The van der Waals surface area contributed by atoms with Gasteiger partial charge in [-0.15, -0.1) is 0 Å². The number of hydrogen-bond donors (Lipinski definition) is 1. The maximum atomic E-state index is 14.2. The lowest BCUT2D eigenvalue weighted by molar-refractivity contribution is -0.155. The number of carbonyl (C=O) groups is 3. The second-order valence-corrected chi connectivity index (χ2v) is 10.6. The Labute approximate surface area is 208 Å². The monoisotopic (exact) mass is 487 g/mol. The van der Waals surface area contributed by atoms with Crippen molar-refractivity contribution >= 4 is 17.7 Å². The first-order chi connectivity index (χ1) is 16.8. The maximum Gasteiger partial charge on any atom is 0.249 e. The van der Waals surface area contributed by atoms with Crippen molar-refractivity contribution in [3.05, 3.63) is 24.3 Å². The van der Waals surface area contributed by atoms with Crippen molar-refractivity contribution in [2.24, 2.45) is 11.8 Å². The van der Waals surface area contributed by atoms with Crippen molar-refractivity contribution in [2.75, 3.05) is 32.8 Å². The van der Waals surface area contributed by atoms with Gasteiger partial charge in [0.15, 0.2) is 0 Å². The van der Waals surface area contributed by atoms with Crippen molar-refractivity contribution in [3.63, 3.8) is 0 Å². The van der Waals surface area contributed by atoms with Crippen LogP contribution in [0.15, 0.2) is 24.3 Å². The molecular weight excluding hydrogens is 446 g/mol. The van der Waals surface area contributed by atoms with Crippen LogP contribution in [0.5, 0.6) is 0 Å². The van der Waals surface area contributed by atoms with Gasteiger partial charge in [0.05, 0.1) is 30.1 Å². The van der Waals surface area contributed by atoms with Crippen LogP contribution in [0.1, 0.15) is 59.8 Å². The predicted molar refractivity (Wildman–Crippen MR) is 132 cm³/mol. The summed E-state index contributed by atoms with van der Waals surface area (Å²) in [5.74, 6) is -2.07. The second kappa shape index (κ2) is 10.1. The number of amides is 3. The van der Waals surface area contributed by atoms with Crippen molar-refractivity contribution in [1.82, 2.24) is 14.7 Å². The van der Waals surface area contributed by atoms with E-state index in [-0.39, 0.29) is 24.3 Å². The van der Waals surface area contributed by atoms with Crippen molar-refractivity contribution in [3.8, 4) is 0 Å². The Kier molecular flexibility index (Phi) is 7.44. The van der Waals surface area contributed by atoms with Gasteiger partial charge in [-0.1, -0.05) is 57.9 Å². The zero-order chi connectivity index (χ0) is 25.4. The van der Waals surface area contributed by atoms with Gasteiger partial charge in [-0.2, -0.15) is 0 Å². The fraction of sp³-hybridized carbons (Fsp3) is 0.741. The minimum Gasteiger partial charge on any atom is -0.394 e. The molecule has 2 saturated heterocycles. The third kappa shape index (κ3) is 4.02. The molecule has 4 rings (SSSR count). The van der Waals surface area contributed by atoms with E-state index in [2.05, 4.69) is 6.92 Å². The highest BCUT2D eigenvalue weighted by Gasteiger charge is 2.75. The Balaban J connectivity index is 1.82. The molecule has 0 aromatic heterocycles. The molecule has 1 N–H and O–H groups in total. The number of likely N-dealkylation sites (tertiary alicyclic amines) is 1. The highest BCUT2D eigenvalue weighted by atomic mass is 16.5. The molecule has 0 saturated carbocycles. The van der Waals surface area contributed by atoms with Crippen LogP contribution in [0.4, 0.5) is 0 Å². The smallest absolute Gasteiger partial charge is 0.249 e. The summed E-state index contributed by atoms with van der Waals surface area (Å²) >= 11 is 0. The minimum absolute atomic E-state index is 0.0999. The number of ether oxygens (including phenoxy) is 1. The molecule has 8 nitrogen and oxygen atoms in total.